The zero-order valence-electron chi connectivity index (χ0n) is 18.7. The third kappa shape index (κ3) is 4.56. The van der Waals surface area contributed by atoms with Crippen molar-refractivity contribution in [3.05, 3.63) is 51.7 Å². The Hall–Kier alpha value is -3.49. The van der Waals surface area contributed by atoms with Crippen LogP contribution >= 0.6 is 0 Å². The summed E-state index contributed by atoms with van der Waals surface area (Å²) in [6, 6.07) is 5.33. The summed E-state index contributed by atoms with van der Waals surface area (Å²) >= 11 is 0. The maximum atomic E-state index is 12.8. The lowest BCUT2D eigenvalue weighted by atomic mass is 10.1. The highest BCUT2D eigenvalue weighted by molar-refractivity contribution is 5.96. The van der Waals surface area contributed by atoms with Crippen LogP contribution in [0.3, 0.4) is 0 Å². The number of carbonyl (C=O) groups is 1. The van der Waals surface area contributed by atoms with Crippen molar-refractivity contribution in [3.8, 4) is 5.88 Å². The number of amides is 1. The van der Waals surface area contributed by atoms with E-state index in [0.717, 1.165) is 37.4 Å². The Kier molecular flexibility index (Phi) is 6.34. The van der Waals surface area contributed by atoms with Crippen LogP contribution in [0.4, 0.5) is 5.82 Å². The SMILES string of the molecule is CCn1cc(C(=O)NCCOc2cc(N3CCCC3)nc(C)n2)c(=O)c2ccc(C)nc21. The number of aryl methyl sites for hydroxylation is 3. The maximum absolute atomic E-state index is 12.8. The molecule has 0 saturated carbocycles. The Morgan fingerprint density at radius 2 is 1.94 bits per heavy atom. The molecule has 0 unspecified atom stereocenters. The van der Waals surface area contributed by atoms with Gasteiger partial charge in [0.05, 0.1) is 11.9 Å². The first-order chi connectivity index (χ1) is 15.5. The van der Waals surface area contributed by atoms with Gasteiger partial charge < -0.3 is 19.5 Å². The van der Waals surface area contributed by atoms with E-state index in [2.05, 4.69) is 25.2 Å². The lowest BCUT2D eigenvalue weighted by Gasteiger charge is -2.17. The average molecular weight is 437 g/mol. The lowest BCUT2D eigenvalue weighted by molar-refractivity contribution is 0.0945. The zero-order chi connectivity index (χ0) is 22.7. The standard InChI is InChI=1S/C23H28N6O3/c1-4-28-14-18(21(30)17-8-7-15(2)25-22(17)28)23(31)24-9-12-32-20-13-19(26-16(3)27-20)29-10-5-6-11-29/h7-8,13-14H,4-6,9-12H2,1-3H3,(H,24,31). The fraction of sp³-hybridized carbons (Fsp3) is 0.435. The minimum absolute atomic E-state index is 0.0965. The van der Waals surface area contributed by atoms with E-state index < -0.39 is 5.91 Å². The smallest absolute Gasteiger partial charge is 0.256 e. The number of rotatable bonds is 7. The van der Waals surface area contributed by atoms with Crippen LogP contribution in [-0.4, -0.2) is 51.7 Å². The molecule has 0 radical (unpaired) electrons. The predicted octanol–water partition coefficient (Wildman–Crippen LogP) is 2.23. The molecule has 1 fully saturated rings. The number of anilines is 1. The van der Waals surface area contributed by atoms with Crippen LogP contribution in [0.1, 0.15) is 41.6 Å². The fourth-order valence-corrected chi connectivity index (χ4v) is 3.89. The van der Waals surface area contributed by atoms with Crippen LogP contribution in [0.5, 0.6) is 5.88 Å². The molecule has 0 aromatic carbocycles. The van der Waals surface area contributed by atoms with Gasteiger partial charge in [-0.1, -0.05) is 0 Å². The normalized spacial score (nSPS) is 13.5. The minimum atomic E-state index is -0.431. The molecule has 9 nitrogen and oxygen atoms in total. The molecule has 0 bridgehead atoms. The van der Waals surface area contributed by atoms with Gasteiger partial charge in [-0.2, -0.15) is 4.98 Å². The number of hydrogen-bond donors (Lipinski definition) is 1. The number of pyridine rings is 2. The van der Waals surface area contributed by atoms with E-state index in [-0.39, 0.29) is 24.1 Å². The van der Waals surface area contributed by atoms with Crippen LogP contribution in [0.2, 0.25) is 0 Å². The van der Waals surface area contributed by atoms with Crippen LogP contribution in [0.25, 0.3) is 11.0 Å². The highest BCUT2D eigenvalue weighted by Gasteiger charge is 2.17. The molecule has 32 heavy (non-hydrogen) atoms. The number of hydrogen-bond acceptors (Lipinski definition) is 7. The molecule has 0 aliphatic carbocycles. The van der Waals surface area contributed by atoms with Crippen LogP contribution in [0, 0.1) is 13.8 Å². The van der Waals surface area contributed by atoms with Gasteiger partial charge in [-0.15, -0.1) is 0 Å². The second kappa shape index (κ2) is 9.33. The van der Waals surface area contributed by atoms with E-state index in [1.165, 1.54) is 0 Å². The highest BCUT2D eigenvalue weighted by atomic mass is 16.5. The summed E-state index contributed by atoms with van der Waals surface area (Å²) in [5, 5.41) is 3.21. The summed E-state index contributed by atoms with van der Waals surface area (Å²) in [4.78, 5) is 41.0. The molecule has 1 N–H and O–H groups in total. The Balaban J connectivity index is 1.41. The number of fused-ring (bicyclic) bond motifs is 1. The first-order valence-electron chi connectivity index (χ1n) is 11.0. The van der Waals surface area contributed by atoms with Gasteiger partial charge in [0.15, 0.2) is 0 Å². The van der Waals surface area contributed by atoms with Crippen LogP contribution in [-0.2, 0) is 6.54 Å². The van der Waals surface area contributed by atoms with Crippen molar-refractivity contribution in [2.45, 2.75) is 40.2 Å². The molecule has 0 atom stereocenters. The number of nitrogens with one attached hydrogen (secondary N) is 1. The van der Waals surface area contributed by atoms with E-state index in [9.17, 15) is 9.59 Å². The number of carbonyl (C=O) groups excluding carboxylic acids is 1. The second-order valence-corrected chi connectivity index (χ2v) is 7.89. The third-order valence-corrected chi connectivity index (χ3v) is 5.51. The molecule has 0 spiro atoms. The maximum Gasteiger partial charge on any atom is 0.256 e. The van der Waals surface area contributed by atoms with E-state index in [4.69, 9.17) is 4.74 Å². The number of aromatic nitrogens is 4. The number of nitrogens with zero attached hydrogens (tertiary/aromatic N) is 5. The van der Waals surface area contributed by atoms with Crippen molar-refractivity contribution in [1.29, 1.82) is 0 Å². The van der Waals surface area contributed by atoms with Crippen molar-refractivity contribution in [2.24, 2.45) is 0 Å². The van der Waals surface area contributed by atoms with E-state index in [1.54, 1.807) is 18.3 Å². The molecule has 1 aliphatic rings. The van der Waals surface area contributed by atoms with Gasteiger partial charge in [0.25, 0.3) is 5.91 Å². The molecule has 4 heterocycles. The van der Waals surface area contributed by atoms with Crippen molar-refractivity contribution in [1.82, 2.24) is 24.8 Å². The van der Waals surface area contributed by atoms with Gasteiger partial charge in [0, 0.05) is 37.6 Å². The monoisotopic (exact) mass is 436 g/mol. The molecule has 1 amide bonds. The molecular weight excluding hydrogens is 408 g/mol. The molecule has 1 saturated heterocycles. The van der Waals surface area contributed by atoms with Gasteiger partial charge in [-0.05, 0) is 45.7 Å². The summed E-state index contributed by atoms with van der Waals surface area (Å²) in [5.41, 5.74) is 1.18. The summed E-state index contributed by atoms with van der Waals surface area (Å²) in [7, 11) is 0. The summed E-state index contributed by atoms with van der Waals surface area (Å²) in [6.45, 7) is 8.71. The topological polar surface area (TPSA) is 102 Å². The van der Waals surface area contributed by atoms with Crippen molar-refractivity contribution >= 4 is 22.8 Å². The predicted molar refractivity (Wildman–Crippen MR) is 122 cm³/mol. The Morgan fingerprint density at radius 1 is 1.16 bits per heavy atom. The van der Waals surface area contributed by atoms with Gasteiger partial charge >= 0.3 is 0 Å². The fourth-order valence-electron chi connectivity index (χ4n) is 3.89. The summed E-state index contributed by atoms with van der Waals surface area (Å²) in [5.74, 6) is 1.57. The van der Waals surface area contributed by atoms with Gasteiger partial charge in [-0.3, -0.25) is 9.59 Å². The average Bonchev–Trinajstić information content (AvgIpc) is 3.31. The molecular formula is C23H28N6O3. The Bertz CT molecular complexity index is 1200. The van der Waals surface area contributed by atoms with Crippen molar-refractivity contribution < 1.29 is 9.53 Å². The first-order valence-corrected chi connectivity index (χ1v) is 11.0. The van der Waals surface area contributed by atoms with E-state index in [1.807, 2.05) is 31.4 Å². The first kappa shape index (κ1) is 21.7. The van der Waals surface area contributed by atoms with Crippen LogP contribution < -0.4 is 20.4 Å². The molecule has 168 valence electrons. The number of ether oxygens (including phenoxy) is 1. The Morgan fingerprint density at radius 3 is 2.69 bits per heavy atom. The quantitative estimate of drug-likeness (QED) is 0.567. The summed E-state index contributed by atoms with van der Waals surface area (Å²) < 4.78 is 7.56. The van der Waals surface area contributed by atoms with E-state index in [0.29, 0.717) is 29.3 Å². The lowest BCUT2D eigenvalue weighted by Crippen LogP contribution is -2.33. The van der Waals surface area contributed by atoms with Gasteiger partial charge in [0.1, 0.15) is 29.5 Å². The molecule has 4 rings (SSSR count). The second-order valence-electron chi connectivity index (χ2n) is 7.89. The van der Waals surface area contributed by atoms with Crippen molar-refractivity contribution in [3.63, 3.8) is 0 Å². The third-order valence-electron chi connectivity index (χ3n) is 5.51. The molecule has 1 aliphatic heterocycles. The molecule has 3 aromatic heterocycles. The minimum Gasteiger partial charge on any atom is -0.476 e. The van der Waals surface area contributed by atoms with Crippen molar-refractivity contribution in [2.75, 3.05) is 31.1 Å². The summed E-state index contributed by atoms with van der Waals surface area (Å²) in [6.07, 6.45) is 3.90. The molecule has 9 heteroatoms. The Labute approximate surface area is 186 Å². The largest absolute Gasteiger partial charge is 0.476 e. The van der Waals surface area contributed by atoms with E-state index >= 15 is 0 Å². The van der Waals surface area contributed by atoms with Crippen LogP contribution in [0.15, 0.2) is 29.2 Å². The zero-order valence-corrected chi connectivity index (χ0v) is 18.7. The van der Waals surface area contributed by atoms with Gasteiger partial charge in [-0.25, -0.2) is 9.97 Å². The molecule has 3 aromatic rings. The van der Waals surface area contributed by atoms with Gasteiger partial charge in [0.2, 0.25) is 11.3 Å². The highest BCUT2D eigenvalue weighted by Crippen LogP contribution is 2.21.